The number of hydrogen-bond acceptors (Lipinski definition) is 5. The molecule has 0 radical (unpaired) electrons. The molecular formula is C18H17N3O3. The molecule has 6 heteroatoms. The van der Waals surface area contributed by atoms with Crippen molar-refractivity contribution in [2.75, 3.05) is 0 Å². The lowest BCUT2D eigenvalue weighted by atomic mass is 10.0. The predicted molar refractivity (Wildman–Crippen MR) is 92.8 cm³/mol. The largest absolute Gasteiger partial charge is 0.295 e. The molecule has 0 aliphatic heterocycles. The number of nitro benzene ring substituents is 1. The standard InChI is InChI=1S/C18H17N3O3/c1-13(11-14(2)22)19-20-18(15-7-4-3-5-8-15)16-9-6-10-17(12-16)21(23)24/h3-12,19H,1-2H3/b13-11+,20-18+. The van der Waals surface area contributed by atoms with Gasteiger partial charge in [-0.3, -0.25) is 20.3 Å². The first-order valence-corrected chi connectivity index (χ1v) is 7.30. The molecule has 0 aliphatic rings. The van der Waals surface area contributed by atoms with Crippen LogP contribution >= 0.6 is 0 Å². The lowest BCUT2D eigenvalue weighted by Crippen LogP contribution is -2.12. The van der Waals surface area contributed by atoms with Crippen molar-refractivity contribution in [3.8, 4) is 0 Å². The van der Waals surface area contributed by atoms with E-state index in [1.54, 1.807) is 19.1 Å². The molecule has 24 heavy (non-hydrogen) atoms. The highest BCUT2D eigenvalue weighted by molar-refractivity contribution is 6.13. The predicted octanol–water partition coefficient (Wildman–Crippen LogP) is 3.43. The van der Waals surface area contributed by atoms with Crippen molar-refractivity contribution < 1.29 is 9.72 Å². The number of benzene rings is 2. The van der Waals surface area contributed by atoms with Crippen LogP contribution in [-0.4, -0.2) is 16.4 Å². The maximum atomic E-state index is 11.1. The van der Waals surface area contributed by atoms with E-state index < -0.39 is 4.92 Å². The number of allylic oxidation sites excluding steroid dienone is 2. The summed E-state index contributed by atoms with van der Waals surface area (Å²) in [6.45, 7) is 3.18. The van der Waals surface area contributed by atoms with Crippen molar-refractivity contribution in [3.63, 3.8) is 0 Å². The number of carbonyl (C=O) groups excluding carboxylic acids is 1. The molecule has 0 amide bonds. The van der Waals surface area contributed by atoms with Gasteiger partial charge in [-0.25, -0.2) is 0 Å². The topological polar surface area (TPSA) is 84.6 Å². The number of ketones is 1. The molecular weight excluding hydrogens is 306 g/mol. The SMILES string of the molecule is CC(=O)/C=C(\C)N/N=C(\c1ccccc1)c1cccc([N+](=O)[O-])c1. The Balaban J connectivity index is 2.46. The van der Waals surface area contributed by atoms with Crippen LogP contribution in [0.4, 0.5) is 5.69 Å². The highest BCUT2D eigenvalue weighted by Crippen LogP contribution is 2.17. The van der Waals surface area contributed by atoms with Gasteiger partial charge in [-0.2, -0.15) is 5.10 Å². The zero-order valence-corrected chi connectivity index (χ0v) is 13.4. The molecule has 0 saturated carbocycles. The summed E-state index contributed by atoms with van der Waals surface area (Å²) in [5.41, 5.74) is 5.36. The third-order valence-corrected chi connectivity index (χ3v) is 3.14. The molecule has 0 heterocycles. The molecule has 0 atom stereocenters. The molecule has 2 aromatic carbocycles. The van der Waals surface area contributed by atoms with Crippen LogP contribution in [0.15, 0.2) is 71.5 Å². The Morgan fingerprint density at radius 1 is 1.08 bits per heavy atom. The molecule has 0 fully saturated rings. The molecule has 0 spiro atoms. The second kappa shape index (κ2) is 7.82. The Morgan fingerprint density at radius 3 is 2.38 bits per heavy atom. The second-order valence-corrected chi connectivity index (χ2v) is 5.18. The van der Waals surface area contributed by atoms with Gasteiger partial charge in [0.05, 0.1) is 10.6 Å². The molecule has 0 unspecified atom stereocenters. The number of nitrogens with zero attached hydrogens (tertiary/aromatic N) is 2. The van der Waals surface area contributed by atoms with Crippen molar-refractivity contribution in [2.45, 2.75) is 13.8 Å². The Labute approximate surface area is 139 Å². The van der Waals surface area contributed by atoms with Gasteiger partial charge in [-0.05, 0) is 13.8 Å². The van der Waals surface area contributed by atoms with E-state index in [1.165, 1.54) is 25.1 Å². The summed E-state index contributed by atoms with van der Waals surface area (Å²) in [6, 6.07) is 15.6. The third-order valence-electron chi connectivity index (χ3n) is 3.14. The maximum Gasteiger partial charge on any atom is 0.270 e. The van der Waals surface area contributed by atoms with E-state index in [0.29, 0.717) is 17.0 Å². The first kappa shape index (κ1) is 17.1. The minimum absolute atomic E-state index is 0.00729. The van der Waals surface area contributed by atoms with Gasteiger partial charge in [0, 0.05) is 35.0 Å². The molecule has 0 aromatic heterocycles. The van der Waals surface area contributed by atoms with Crippen molar-refractivity contribution in [2.24, 2.45) is 5.10 Å². The average molecular weight is 323 g/mol. The smallest absolute Gasteiger partial charge is 0.270 e. The van der Waals surface area contributed by atoms with Crippen LogP contribution in [0.2, 0.25) is 0 Å². The van der Waals surface area contributed by atoms with Gasteiger partial charge in [0.25, 0.3) is 5.69 Å². The van der Waals surface area contributed by atoms with E-state index >= 15 is 0 Å². The fourth-order valence-electron chi connectivity index (χ4n) is 2.14. The van der Waals surface area contributed by atoms with Crippen molar-refractivity contribution >= 4 is 17.2 Å². The van der Waals surface area contributed by atoms with Gasteiger partial charge in [0.15, 0.2) is 5.78 Å². The zero-order valence-electron chi connectivity index (χ0n) is 13.4. The minimum atomic E-state index is -0.444. The first-order chi connectivity index (χ1) is 11.5. The Bertz CT molecular complexity index is 811. The first-order valence-electron chi connectivity index (χ1n) is 7.30. The van der Waals surface area contributed by atoms with Gasteiger partial charge in [-0.1, -0.05) is 42.5 Å². The van der Waals surface area contributed by atoms with Gasteiger partial charge in [-0.15, -0.1) is 0 Å². The third kappa shape index (κ3) is 4.61. The quantitative estimate of drug-likeness (QED) is 0.382. The summed E-state index contributed by atoms with van der Waals surface area (Å²) < 4.78 is 0. The molecule has 0 saturated heterocycles. The summed E-state index contributed by atoms with van der Waals surface area (Å²) in [7, 11) is 0. The molecule has 0 bridgehead atoms. The molecule has 0 aliphatic carbocycles. The number of non-ortho nitro benzene ring substituents is 1. The van der Waals surface area contributed by atoms with Crippen LogP contribution < -0.4 is 5.43 Å². The van der Waals surface area contributed by atoms with Crippen LogP contribution in [-0.2, 0) is 4.79 Å². The average Bonchev–Trinajstić information content (AvgIpc) is 2.55. The monoisotopic (exact) mass is 323 g/mol. The van der Waals surface area contributed by atoms with Crippen molar-refractivity contribution in [1.82, 2.24) is 5.43 Å². The molecule has 2 aromatic rings. The van der Waals surface area contributed by atoms with E-state index in [9.17, 15) is 14.9 Å². The molecule has 1 N–H and O–H groups in total. The Kier molecular flexibility index (Phi) is 5.57. The van der Waals surface area contributed by atoms with E-state index in [2.05, 4.69) is 10.5 Å². The van der Waals surface area contributed by atoms with Crippen LogP contribution in [0.3, 0.4) is 0 Å². The highest BCUT2D eigenvalue weighted by atomic mass is 16.6. The van der Waals surface area contributed by atoms with Crippen LogP contribution in [0.5, 0.6) is 0 Å². The number of rotatable bonds is 6. The Hall–Kier alpha value is -3.28. The van der Waals surface area contributed by atoms with E-state index in [4.69, 9.17) is 0 Å². The number of hydrazone groups is 1. The van der Waals surface area contributed by atoms with E-state index in [-0.39, 0.29) is 11.5 Å². The summed E-state index contributed by atoms with van der Waals surface area (Å²) in [4.78, 5) is 21.7. The number of nitrogens with one attached hydrogen (secondary N) is 1. The summed E-state index contributed by atoms with van der Waals surface area (Å²) >= 11 is 0. The van der Waals surface area contributed by atoms with Crippen molar-refractivity contribution in [1.29, 1.82) is 0 Å². The minimum Gasteiger partial charge on any atom is -0.295 e. The van der Waals surface area contributed by atoms with E-state index in [1.807, 2.05) is 30.3 Å². The number of nitro groups is 1. The highest BCUT2D eigenvalue weighted by Gasteiger charge is 2.12. The normalized spacial score (nSPS) is 11.9. The second-order valence-electron chi connectivity index (χ2n) is 5.18. The van der Waals surface area contributed by atoms with Gasteiger partial charge in [0.2, 0.25) is 0 Å². The van der Waals surface area contributed by atoms with Crippen LogP contribution in [0.25, 0.3) is 0 Å². The fourth-order valence-corrected chi connectivity index (χ4v) is 2.14. The van der Waals surface area contributed by atoms with Crippen molar-refractivity contribution in [3.05, 3.63) is 87.6 Å². The summed E-state index contributed by atoms with van der Waals surface area (Å²) in [6.07, 6.45) is 1.43. The summed E-state index contributed by atoms with van der Waals surface area (Å²) in [5, 5.41) is 15.3. The maximum absolute atomic E-state index is 11.1. The number of hydrogen-bond donors (Lipinski definition) is 1. The molecule has 6 nitrogen and oxygen atoms in total. The summed E-state index contributed by atoms with van der Waals surface area (Å²) in [5.74, 6) is -0.0909. The fraction of sp³-hybridized carbons (Fsp3) is 0.111. The van der Waals surface area contributed by atoms with Crippen LogP contribution in [0.1, 0.15) is 25.0 Å². The zero-order chi connectivity index (χ0) is 17.5. The lowest BCUT2D eigenvalue weighted by molar-refractivity contribution is -0.384. The van der Waals surface area contributed by atoms with Gasteiger partial charge >= 0.3 is 0 Å². The molecule has 122 valence electrons. The van der Waals surface area contributed by atoms with Gasteiger partial charge in [0.1, 0.15) is 0 Å². The van der Waals surface area contributed by atoms with Gasteiger partial charge < -0.3 is 0 Å². The van der Waals surface area contributed by atoms with E-state index in [0.717, 1.165) is 5.56 Å². The molecule has 2 rings (SSSR count). The van der Waals surface area contributed by atoms with Crippen LogP contribution in [0, 0.1) is 10.1 Å². The lowest BCUT2D eigenvalue weighted by Gasteiger charge is -2.08. The Morgan fingerprint density at radius 2 is 1.75 bits per heavy atom. The number of carbonyl (C=O) groups is 1.